The number of methoxy groups -OCH3 is 1. The van der Waals surface area contributed by atoms with Crippen molar-refractivity contribution in [2.75, 3.05) is 7.11 Å². The number of hydrogen-bond acceptors (Lipinski definition) is 5. The molecule has 2 aromatic rings. The number of hydrogen-bond donors (Lipinski definition) is 2. The molecule has 0 aliphatic rings. The maximum Gasteiger partial charge on any atom is 0.291 e. The molecule has 0 spiro atoms. The van der Waals surface area contributed by atoms with Crippen LogP contribution in [0.3, 0.4) is 0 Å². The van der Waals surface area contributed by atoms with E-state index in [9.17, 15) is 9.90 Å². The van der Waals surface area contributed by atoms with Crippen molar-refractivity contribution in [2.45, 2.75) is 0 Å². The van der Waals surface area contributed by atoms with Crippen LogP contribution < -0.4 is 10.2 Å². The van der Waals surface area contributed by atoms with Gasteiger partial charge in [-0.3, -0.25) is 9.48 Å². The molecular weight excluding hydrogens is 260 g/mol. The average molecular weight is 274 g/mol. The topological polar surface area (TPSA) is 88.7 Å². The van der Waals surface area contributed by atoms with Crippen molar-refractivity contribution >= 4 is 12.1 Å². The Bertz CT molecular complexity index is 649. The second-order valence-corrected chi connectivity index (χ2v) is 4.00. The SMILES string of the molecule is COc1ccc(O)c(/C=N\NC(=O)c2ccn(C)n2)c1. The minimum Gasteiger partial charge on any atom is -0.507 e. The van der Waals surface area contributed by atoms with Crippen LogP contribution in [0.25, 0.3) is 0 Å². The first-order chi connectivity index (χ1) is 9.60. The smallest absolute Gasteiger partial charge is 0.291 e. The lowest BCUT2D eigenvalue weighted by Gasteiger charge is -2.02. The molecular formula is C13H14N4O3. The Kier molecular flexibility index (Phi) is 3.99. The fraction of sp³-hybridized carbons (Fsp3) is 0.154. The molecule has 0 aliphatic carbocycles. The van der Waals surface area contributed by atoms with Gasteiger partial charge in [-0.25, -0.2) is 5.43 Å². The van der Waals surface area contributed by atoms with E-state index in [4.69, 9.17) is 4.74 Å². The summed E-state index contributed by atoms with van der Waals surface area (Å²) in [5.41, 5.74) is 3.03. The van der Waals surface area contributed by atoms with Gasteiger partial charge in [0.2, 0.25) is 0 Å². The van der Waals surface area contributed by atoms with Gasteiger partial charge >= 0.3 is 0 Å². The van der Waals surface area contributed by atoms with Crippen molar-refractivity contribution in [1.29, 1.82) is 0 Å². The number of hydrazone groups is 1. The van der Waals surface area contributed by atoms with Crippen LogP contribution in [0.2, 0.25) is 0 Å². The van der Waals surface area contributed by atoms with E-state index in [0.717, 1.165) is 0 Å². The van der Waals surface area contributed by atoms with Crippen molar-refractivity contribution in [3.05, 3.63) is 41.7 Å². The van der Waals surface area contributed by atoms with E-state index < -0.39 is 5.91 Å². The largest absolute Gasteiger partial charge is 0.507 e. The van der Waals surface area contributed by atoms with E-state index in [-0.39, 0.29) is 11.4 Å². The van der Waals surface area contributed by atoms with Crippen LogP contribution in [0.15, 0.2) is 35.6 Å². The zero-order chi connectivity index (χ0) is 14.5. The number of ether oxygens (including phenoxy) is 1. The van der Waals surface area contributed by atoms with E-state index in [1.165, 1.54) is 24.1 Å². The van der Waals surface area contributed by atoms with Gasteiger partial charge in [-0.15, -0.1) is 0 Å². The van der Waals surface area contributed by atoms with E-state index >= 15 is 0 Å². The lowest BCUT2D eigenvalue weighted by atomic mass is 10.2. The first-order valence-electron chi connectivity index (χ1n) is 5.80. The molecule has 1 heterocycles. The van der Waals surface area contributed by atoms with E-state index in [0.29, 0.717) is 11.3 Å². The third kappa shape index (κ3) is 3.14. The van der Waals surface area contributed by atoms with Gasteiger partial charge in [-0.05, 0) is 24.3 Å². The Morgan fingerprint density at radius 2 is 2.30 bits per heavy atom. The highest BCUT2D eigenvalue weighted by molar-refractivity contribution is 5.93. The monoisotopic (exact) mass is 274 g/mol. The molecule has 1 amide bonds. The summed E-state index contributed by atoms with van der Waals surface area (Å²) in [7, 11) is 3.24. The zero-order valence-corrected chi connectivity index (χ0v) is 11.1. The standard InChI is InChI=1S/C13H14N4O3/c1-17-6-5-11(16-17)13(19)15-14-8-9-7-10(20-2)3-4-12(9)18/h3-8,18H,1-2H3,(H,15,19)/b14-8-. The molecule has 2 rings (SSSR count). The molecule has 0 unspecified atom stereocenters. The highest BCUT2D eigenvalue weighted by Crippen LogP contribution is 2.20. The highest BCUT2D eigenvalue weighted by Gasteiger charge is 2.07. The fourth-order valence-corrected chi connectivity index (χ4v) is 1.52. The minimum absolute atomic E-state index is 0.0432. The second-order valence-electron chi connectivity index (χ2n) is 4.00. The number of nitrogens with zero attached hydrogens (tertiary/aromatic N) is 3. The average Bonchev–Trinajstić information content (AvgIpc) is 2.87. The van der Waals surface area contributed by atoms with Crippen molar-refractivity contribution in [3.8, 4) is 11.5 Å². The molecule has 7 nitrogen and oxygen atoms in total. The molecule has 0 radical (unpaired) electrons. The Balaban J connectivity index is 2.05. The third-order valence-corrected chi connectivity index (χ3v) is 2.55. The molecule has 2 N–H and O–H groups in total. The summed E-state index contributed by atoms with van der Waals surface area (Å²) in [6.07, 6.45) is 2.99. The number of carbonyl (C=O) groups excluding carboxylic acids is 1. The quantitative estimate of drug-likeness (QED) is 0.640. The lowest BCUT2D eigenvalue weighted by molar-refractivity contribution is 0.0949. The third-order valence-electron chi connectivity index (χ3n) is 2.55. The maximum absolute atomic E-state index is 11.7. The number of aromatic hydroxyl groups is 1. The van der Waals surface area contributed by atoms with E-state index in [2.05, 4.69) is 15.6 Å². The van der Waals surface area contributed by atoms with Gasteiger partial charge in [0.25, 0.3) is 5.91 Å². The number of phenols is 1. The van der Waals surface area contributed by atoms with Crippen LogP contribution in [-0.4, -0.2) is 34.1 Å². The van der Waals surface area contributed by atoms with Crippen LogP contribution in [-0.2, 0) is 7.05 Å². The number of aryl methyl sites for hydroxylation is 1. The van der Waals surface area contributed by atoms with Crippen LogP contribution in [0.4, 0.5) is 0 Å². The summed E-state index contributed by atoms with van der Waals surface area (Å²) in [6, 6.07) is 6.29. The van der Waals surface area contributed by atoms with Gasteiger partial charge < -0.3 is 9.84 Å². The number of aromatic nitrogens is 2. The summed E-state index contributed by atoms with van der Waals surface area (Å²) in [6.45, 7) is 0. The minimum atomic E-state index is -0.427. The van der Waals surface area contributed by atoms with Gasteiger partial charge in [0, 0.05) is 18.8 Å². The van der Waals surface area contributed by atoms with Gasteiger partial charge in [0.15, 0.2) is 5.69 Å². The van der Waals surface area contributed by atoms with Crippen LogP contribution in [0.1, 0.15) is 16.1 Å². The first-order valence-corrected chi connectivity index (χ1v) is 5.80. The van der Waals surface area contributed by atoms with E-state index in [1.807, 2.05) is 0 Å². The van der Waals surface area contributed by atoms with Gasteiger partial charge in [0.05, 0.1) is 13.3 Å². The number of phenolic OH excluding ortho intramolecular Hbond substituents is 1. The molecule has 0 saturated heterocycles. The van der Waals surface area contributed by atoms with Crippen LogP contribution in [0.5, 0.6) is 11.5 Å². The first kappa shape index (κ1) is 13.6. The molecule has 1 aromatic carbocycles. The molecule has 0 saturated carbocycles. The summed E-state index contributed by atoms with van der Waals surface area (Å²) >= 11 is 0. The highest BCUT2D eigenvalue weighted by atomic mass is 16.5. The number of amides is 1. The Hall–Kier alpha value is -2.83. The van der Waals surface area contributed by atoms with Crippen LogP contribution >= 0.6 is 0 Å². The molecule has 1 aromatic heterocycles. The summed E-state index contributed by atoms with van der Waals surface area (Å²) in [4.78, 5) is 11.7. The predicted octanol–water partition coefficient (Wildman–Crippen LogP) is 0.898. The van der Waals surface area contributed by atoms with Crippen molar-refractivity contribution in [3.63, 3.8) is 0 Å². The molecule has 7 heteroatoms. The number of benzene rings is 1. The Morgan fingerprint density at radius 3 is 2.95 bits per heavy atom. The second kappa shape index (κ2) is 5.87. The summed E-state index contributed by atoms with van der Waals surface area (Å²) in [5, 5.41) is 17.4. The van der Waals surface area contributed by atoms with Gasteiger partial charge in [-0.2, -0.15) is 10.2 Å². The van der Waals surface area contributed by atoms with Gasteiger partial charge in [0.1, 0.15) is 11.5 Å². The predicted molar refractivity (Wildman–Crippen MR) is 72.9 cm³/mol. The maximum atomic E-state index is 11.7. The molecule has 104 valence electrons. The number of carbonyl (C=O) groups is 1. The van der Waals surface area contributed by atoms with Crippen LogP contribution in [0, 0.1) is 0 Å². The van der Waals surface area contributed by atoms with Gasteiger partial charge in [-0.1, -0.05) is 0 Å². The molecule has 0 aliphatic heterocycles. The zero-order valence-electron chi connectivity index (χ0n) is 11.1. The van der Waals surface area contributed by atoms with Crippen molar-refractivity contribution < 1.29 is 14.6 Å². The summed E-state index contributed by atoms with van der Waals surface area (Å²) in [5.74, 6) is 0.200. The van der Waals surface area contributed by atoms with Crippen molar-refractivity contribution in [2.24, 2.45) is 12.1 Å². The molecule has 0 bridgehead atoms. The lowest BCUT2D eigenvalue weighted by Crippen LogP contribution is -2.18. The molecule has 0 atom stereocenters. The van der Waals surface area contributed by atoms with Crippen molar-refractivity contribution in [1.82, 2.24) is 15.2 Å². The van der Waals surface area contributed by atoms with E-state index in [1.54, 1.807) is 31.4 Å². The Labute approximate surface area is 115 Å². The molecule has 20 heavy (non-hydrogen) atoms. The Morgan fingerprint density at radius 1 is 1.50 bits per heavy atom. The number of rotatable bonds is 4. The summed E-state index contributed by atoms with van der Waals surface area (Å²) < 4.78 is 6.56. The normalized spacial score (nSPS) is 10.7. The number of nitrogens with one attached hydrogen (secondary N) is 1. The fourth-order valence-electron chi connectivity index (χ4n) is 1.52. The molecule has 0 fully saturated rings.